The first-order chi connectivity index (χ1) is 12.0. The van der Waals surface area contributed by atoms with Gasteiger partial charge in [0, 0.05) is 0 Å². The molecule has 0 amide bonds. The van der Waals surface area contributed by atoms with Crippen molar-refractivity contribution in [1.82, 2.24) is 0 Å². The molecule has 36 heavy (non-hydrogen) atoms. The van der Waals surface area contributed by atoms with E-state index in [1.54, 1.807) is 0 Å². The average molecular weight is 720 g/mol. The van der Waals surface area contributed by atoms with Crippen LogP contribution in [-0.2, 0) is 27.4 Å². The van der Waals surface area contributed by atoms with Crippen LogP contribution in [0.25, 0.3) is 0 Å². The molecular weight excluding hydrogens is 708 g/mol. The molecule has 0 saturated carbocycles. The van der Waals surface area contributed by atoms with Gasteiger partial charge in [-0.15, -0.1) is 0 Å². The van der Waals surface area contributed by atoms with Crippen molar-refractivity contribution >= 4 is 46.9 Å². The van der Waals surface area contributed by atoms with E-state index in [9.17, 15) is 0 Å². The van der Waals surface area contributed by atoms with Crippen LogP contribution in [0.3, 0.4) is 0 Å². The van der Waals surface area contributed by atoms with Crippen molar-refractivity contribution in [3.63, 3.8) is 0 Å². The fraction of sp³-hybridized carbons (Fsp3) is 0. The van der Waals surface area contributed by atoms with Gasteiger partial charge in [0.2, 0.25) is 0 Å². The molecule has 0 bridgehead atoms. The van der Waals surface area contributed by atoms with Crippen molar-refractivity contribution in [2.45, 2.75) is 0 Å². The first kappa shape index (κ1) is 78.8. The molecule has 0 aliphatic carbocycles. The molecule has 0 fully saturated rings. The predicted molar refractivity (Wildman–Crippen MR) is 72.3 cm³/mol. The standard InChI is InChI=1S/6Na.6H3O4P/c;;;;;;6*1-5(2,3)4/h;;;;;;6*(H3,1,2,3,4)/q6*+1;;;;;;/p-6. The molecule has 24 nitrogen and oxygen atoms in total. The zero-order valence-corrected chi connectivity index (χ0v) is 36.3. The van der Waals surface area contributed by atoms with Crippen LogP contribution in [0.1, 0.15) is 0 Å². The topological polar surface area (TPSA) is 484 Å². The van der Waals surface area contributed by atoms with Crippen LogP contribution in [0.4, 0.5) is 0 Å². The monoisotopic (exact) mass is 720 g/mol. The summed E-state index contributed by atoms with van der Waals surface area (Å²) in [6, 6.07) is 0. The Bertz CT molecular complexity index is 477. The Morgan fingerprint density at radius 3 is 0.278 bits per heavy atom. The van der Waals surface area contributed by atoms with Gasteiger partial charge < -0.3 is 97.2 Å². The van der Waals surface area contributed by atoms with E-state index >= 15 is 0 Å². The molecule has 192 valence electrons. The molecular formula is H12Na6O24P6. The number of hydrogen-bond acceptors (Lipinski definition) is 12. The third kappa shape index (κ3) is 1440. The van der Waals surface area contributed by atoms with Crippen molar-refractivity contribution < 1.29 is 293 Å². The molecule has 0 aromatic heterocycles. The van der Waals surface area contributed by atoms with Gasteiger partial charge in [-0.2, -0.15) is 15.6 Å². The van der Waals surface area contributed by atoms with Crippen molar-refractivity contribution in [2.24, 2.45) is 0 Å². The fourth-order valence-corrected chi connectivity index (χ4v) is 0. The summed E-state index contributed by atoms with van der Waals surface area (Å²) in [7, 11) is -29.3. The summed E-state index contributed by atoms with van der Waals surface area (Å²) in [6.45, 7) is 0. The van der Waals surface area contributed by atoms with E-state index in [-0.39, 0.29) is 177 Å². The zero-order chi connectivity index (χ0) is 27.0. The maximum Gasteiger partial charge on any atom is 1.00 e. The number of rotatable bonds is 0. The average Bonchev–Trinajstić information content (AvgIpc) is 1.94. The Morgan fingerprint density at radius 2 is 0.278 bits per heavy atom. The van der Waals surface area contributed by atoms with E-state index in [1.165, 1.54) is 0 Å². The smallest absolute Gasteiger partial charge is 0.822 e. The summed E-state index contributed by atoms with van der Waals surface area (Å²) in [5.41, 5.74) is 0. The van der Waals surface area contributed by atoms with E-state index in [2.05, 4.69) is 0 Å². The molecule has 36 heteroatoms. The summed E-state index contributed by atoms with van der Waals surface area (Å²) in [4.78, 5) is 138. The third-order valence-corrected chi connectivity index (χ3v) is 0. The summed E-state index contributed by atoms with van der Waals surface area (Å²) in [5, 5.41) is 0. The zero-order valence-electron chi connectivity index (χ0n) is 18.9. The third-order valence-electron chi connectivity index (χ3n) is 0. The largest absolute Gasteiger partial charge is 1.00 e. The van der Waals surface area contributed by atoms with Gasteiger partial charge in [-0.05, 0) is 0 Å². The summed E-state index contributed by atoms with van der Waals surface area (Å²) >= 11 is 0. The van der Waals surface area contributed by atoms with Crippen LogP contribution < -0.4 is 207 Å². The number of phosphoric acid groups is 6. The molecule has 0 unspecified atom stereocenters. The van der Waals surface area contributed by atoms with Crippen LogP contribution >= 0.6 is 46.9 Å². The Kier molecular flexibility index (Phi) is 82.8. The summed E-state index contributed by atoms with van der Waals surface area (Å²) < 4.78 is 52.6. The Labute approximate surface area is 333 Å². The van der Waals surface area contributed by atoms with Crippen molar-refractivity contribution in [2.75, 3.05) is 0 Å². The minimum Gasteiger partial charge on any atom is -0.822 e. The second-order valence-corrected chi connectivity index (χ2v) is 8.84. The SMILES string of the molecule is O=P(O)(O)O.O=P(O)(O)O.O=P(O)(O)O.O=P(O)(O)O.O=P([O-])([O-])[O-].O=P([O-])([O-])[O-].[Na+].[Na+].[Na+].[Na+].[Na+].[Na+]. The van der Waals surface area contributed by atoms with Crippen molar-refractivity contribution in [1.29, 1.82) is 0 Å². The predicted octanol–water partition coefficient (Wildman–Crippen LogP) is -27.3. The molecule has 0 aromatic rings. The molecule has 0 atom stereocenters. The molecule has 0 heterocycles. The van der Waals surface area contributed by atoms with Gasteiger partial charge in [-0.3, -0.25) is 0 Å². The van der Waals surface area contributed by atoms with Crippen molar-refractivity contribution in [3.8, 4) is 0 Å². The molecule has 0 rings (SSSR count). The molecule has 0 spiro atoms. The van der Waals surface area contributed by atoms with Crippen LogP contribution in [-0.4, -0.2) is 58.7 Å². The number of hydrogen-bond donors (Lipinski definition) is 12. The van der Waals surface area contributed by atoms with Crippen LogP contribution in [0.15, 0.2) is 0 Å². The maximum atomic E-state index is 8.88. The summed E-state index contributed by atoms with van der Waals surface area (Å²) in [6.07, 6.45) is 0. The van der Waals surface area contributed by atoms with Gasteiger partial charge in [0.1, 0.15) is 0 Å². The molecule has 0 aromatic carbocycles. The molecule has 0 radical (unpaired) electrons. The van der Waals surface area contributed by atoms with Gasteiger partial charge in [0.05, 0.1) is 0 Å². The normalized spacial score (nSPS) is 9.83. The fourth-order valence-electron chi connectivity index (χ4n) is 0. The molecule has 0 aliphatic rings. The molecule has 0 aliphatic heterocycles. The van der Waals surface area contributed by atoms with Gasteiger partial charge >= 0.3 is 209 Å². The van der Waals surface area contributed by atoms with E-state index in [4.69, 9.17) is 115 Å². The quantitative estimate of drug-likeness (QED) is 0.0816. The second-order valence-electron chi connectivity index (χ2n) is 2.95. The first-order valence-corrected chi connectivity index (χ1v) is 13.8. The van der Waals surface area contributed by atoms with Crippen LogP contribution in [0, 0.1) is 0 Å². The summed E-state index contributed by atoms with van der Waals surface area (Å²) in [5.74, 6) is 0. The minimum atomic E-state index is -5.39. The van der Waals surface area contributed by atoms with Crippen molar-refractivity contribution in [3.05, 3.63) is 0 Å². The van der Waals surface area contributed by atoms with Crippen LogP contribution in [0.5, 0.6) is 0 Å². The minimum absolute atomic E-state index is 0. The van der Waals surface area contributed by atoms with E-state index < -0.39 is 46.9 Å². The van der Waals surface area contributed by atoms with Gasteiger partial charge in [0.15, 0.2) is 0 Å². The Hall–Kier alpha value is 6.66. The Balaban J connectivity index is -0.0000000186. The van der Waals surface area contributed by atoms with E-state index in [0.717, 1.165) is 0 Å². The maximum absolute atomic E-state index is 8.88. The molecule has 0 saturated heterocycles. The van der Waals surface area contributed by atoms with Gasteiger partial charge in [-0.25, -0.2) is 18.3 Å². The molecule has 12 N–H and O–H groups in total. The first-order valence-electron chi connectivity index (χ1n) is 4.59. The van der Waals surface area contributed by atoms with Crippen LogP contribution in [0.2, 0.25) is 0 Å². The van der Waals surface area contributed by atoms with E-state index in [1.807, 2.05) is 0 Å². The van der Waals surface area contributed by atoms with Gasteiger partial charge in [-0.1, -0.05) is 0 Å². The van der Waals surface area contributed by atoms with Gasteiger partial charge in [0.25, 0.3) is 0 Å². The second kappa shape index (κ2) is 37.8. The Morgan fingerprint density at radius 1 is 0.278 bits per heavy atom. The van der Waals surface area contributed by atoms with E-state index in [0.29, 0.717) is 0 Å².